The lowest BCUT2D eigenvalue weighted by Crippen LogP contribution is -2.01. The highest BCUT2D eigenvalue weighted by Crippen LogP contribution is 2.19. The largest absolute Gasteiger partial charge is 0.481 e. The van der Waals surface area contributed by atoms with Gasteiger partial charge in [0.1, 0.15) is 17.4 Å². The monoisotopic (exact) mass is 211 g/mol. The van der Waals surface area contributed by atoms with Crippen LogP contribution in [-0.4, -0.2) is 11.1 Å². The molecule has 1 aromatic rings. The van der Waals surface area contributed by atoms with Gasteiger partial charge in [-0.3, -0.25) is 4.79 Å². The van der Waals surface area contributed by atoms with E-state index in [-0.39, 0.29) is 16.9 Å². The van der Waals surface area contributed by atoms with E-state index in [0.717, 1.165) is 6.07 Å². The number of aliphatic carboxylic acids is 1. The number of carboxylic acids is 1. The highest BCUT2D eigenvalue weighted by Gasteiger charge is 2.09. The van der Waals surface area contributed by atoms with Crippen LogP contribution in [0.4, 0.5) is 4.39 Å². The maximum absolute atomic E-state index is 13.1. The van der Waals surface area contributed by atoms with Gasteiger partial charge in [0.2, 0.25) is 0 Å². The van der Waals surface area contributed by atoms with Gasteiger partial charge in [-0.2, -0.15) is 5.26 Å². The second-order valence-electron chi connectivity index (χ2n) is 2.65. The van der Waals surface area contributed by atoms with Crippen molar-refractivity contribution in [2.45, 2.75) is 11.3 Å². The number of benzene rings is 1. The lowest BCUT2D eigenvalue weighted by molar-refractivity contribution is -0.136. The van der Waals surface area contributed by atoms with E-state index in [1.54, 1.807) is 6.07 Å². The number of carboxylic acid groups (broad SMARTS) is 1. The Labute approximate surface area is 85.2 Å². The van der Waals surface area contributed by atoms with Crippen LogP contribution in [0.25, 0.3) is 0 Å². The zero-order valence-electron chi connectivity index (χ0n) is 6.99. The maximum Gasteiger partial charge on any atom is 0.307 e. The zero-order chi connectivity index (χ0) is 10.7. The molecule has 1 N–H and O–H groups in total. The lowest BCUT2D eigenvalue weighted by atomic mass is 10.1. The maximum atomic E-state index is 13.1. The fourth-order valence-corrected chi connectivity index (χ4v) is 1.36. The molecule has 0 aliphatic rings. The van der Waals surface area contributed by atoms with Gasteiger partial charge in [-0.25, -0.2) is 4.39 Å². The minimum atomic E-state index is -1.05. The minimum Gasteiger partial charge on any atom is -0.481 e. The van der Waals surface area contributed by atoms with Crippen LogP contribution >= 0.6 is 12.6 Å². The Morgan fingerprint density at radius 3 is 2.71 bits per heavy atom. The summed E-state index contributed by atoms with van der Waals surface area (Å²) in [5.41, 5.74) is 0.126. The molecule has 14 heavy (non-hydrogen) atoms. The zero-order valence-corrected chi connectivity index (χ0v) is 7.88. The fourth-order valence-electron chi connectivity index (χ4n) is 1.03. The van der Waals surface area contributed by atoms with Crippen molar-refractivity contribution >= 4 is 18.6 Å². The van der Waals surface area contributed by atoms with Gasteiger partial charge in [0.25, 0.3) is 0 Å². The number of thiol groups is 1. The first-order chi connectivity index (χ1) is 6.54. The molecule has 0 spiro atoms. The summed E-state index contributed by atoms with van der Waals surface area (Å²) < 4.78 is 13.1. The second-order valence-corrected chi connectivity index (χ2v) is 3.14. The summed E-state index contributed by atoms with van der Waals surface area (Å²) in [6.07, 6.45) is -0.282. The summed E-state index contributed by atoms with van der Waals surface area (Å²) in [7, 11) is 0. The van der Waals surface area contributed by atoms with Crippen LogP contribution in [0.3, 0.4) is 0 Å². The van der Waals surface area contributed by atoms with E-state index in [0.29, 0.717) is 5.56 Å². The number of nitriles is 1. The molecule has 1 aromatic carbocycles. The fraction of sp³-hybridized carbons (Fsp3) is 0.111. The van der Waals surface area contributed by atoms with Gasteiger partial charge in [-0.15, -0.1) is 12.6 Å². The van der Waals surface area contributed by atoms with Gasteiger partial charge in [0, 0.05) is 4.90 Å². The molecule has 0 fully saturated rings. The van der Waals surface area contributed by atoms with Crippen molar-refractivity contribution < 1.29 is 14.3 Å². The van der Waals surface area contributed by atoms with Crippen LogP contribution in [0.1, 0.15) is 11.1 Å². The van der Waals surface area contributed by atoms with Crippen LogP contribution < -0.4 is 0 Å². The Hall–Kier alpha value is -1.54. The molecule has 0 aliphatic carbocycles. The molecule has 0 amide bonds. The van der Waals surface area contributed by atoms with Crippen LogP contribution in [0, 0.1) is 17.1 Å². The average Bonchev–Trinajstić information content (AvgIpc) is 2.01. The van der Waals surface area contributed by atoms with Crippen molar-refractivity contribution in [2.24, 2.45) is 0 Å². The highest BCUT2D eigenvalue weighted by molar-refractivity contribution is 7.80. The molecular formula is C9H6FNO2S. The summed E-state index contributed by atoms with van der Waals surface area (Å²) in [5, 5.41) is 17.0. The number of nitrogens with zero attached hydrogens (tertiary/aromatic N) is 1. The lowest BCUT2D eigenvalue weighted by Gasteiger charge is -2.02. The molecule has 0 aliphatic heterocycles. The molecule has 72 valence electrons. The van der Waals surface area contributed by atoms with Crippen LogP contribution in [0.2, 0.25) is 0 Å². The van der Waals surface area contributed by atoms with Gasteiger partial charge in [-0.1, -0.05) is 0 Å². The molecule has 0 bridgehead atoms. The average molecular weight is 211 g/mol. The molecular weight excluding hydrogens is 205 g/mol. The van der Waals surface area contributed by atoms with E-state index in [2.05, 4.69) is 12.6 Å². The number of halogens is 1. The van der Waals surface area contributed by atoms with Gasteiger partial charge in [0.05, 0.1) is 6.42 Å². The SMILES string of the molecule is N#Cc1c(F)cc(CC(=O)O)cc1S. The van der Waals surface area contributed by atoms with Crippen molar-refractivity contribution in [2.75, 3.05) is 0 Å². The van der Waals surface area contributed by atoms with Crippen molar-refractivity contribution in [3.63, 3.8) is 0 Å². The molecule has 0 heterocycles. The third-order valence-corrected chi connectivity index (χ3v) is 1.95. The number of hydrogen-bond donors (Lipinski definition) is 2. The number of rotatable bonds is 2. The van der Waals surface area contributed by atoms with Gasteiger partial charge < -0.3 is 5.11 Å². The van der Waals surface area contributed by atoms with Crippen molar-refractivity contribution in [1.82, 2.24) is 0 Å². The highest BCUT2D eigenvalue weighted by atomic mass is 32.1. The van der Waals surface area contributed by atoms with Crippen LogP contribution in [0.15, 0.2) is 17.0 Å². The van der Waals surface area contributed by atoms with E-state index in [1.807, 2.05) is 0 Å². The van der Waals surface area contributed by atoms with Gasteiger partial charge >= 0.3 is 5.97 Å². The summed E-state index contributed by atoms with van der Waals surface area (Å²) in [6, 6.07) is 4.05. The predicted molar refractivity (Wildman–Crippen MR) is 49.7 cm³/mol. The van der Waals surface area contributed by atoms with E-state index in [1.165, 1.54) is 6.07 Å². The molecule has 0 saturated heterocycles. The molecule has 0 unspecified atom stereocenters. The van der Waals surface area contributed by atoms with E-state index >= 15 is 0 Å². The second kappa shape index (κ2) is 4.11. The molecule has 0 radical (unpaired) electrons. The standard InChI is InChI=1S/C9H6FNO2S/c10-7-1-5(3-9(12)13)2-8(14)6(7)4-11/h1-2,14H,3H2,(H,12,13). The summed E-state index contributed by atoms with van der Waals surface area (Å²) in [4.78, 5) is 10.5. The first kappa shape index (κ1) is 10.5. The third-order valence-electron chi connectivity index (χ3n) is 1.60. The Bertz CT molecular complexity index is 402. The van der Waals surface area contributed by atoms with E-state index in [4.69, 9.17) is 10.4 Å². The number of carbonyl (C=O) groups is 1. The Kier molecular flexibility index (Phi) is 3.10. The first-order valence-corrected chi connectivity index (χ1v) is 4.12. The normalized spacial score (nSPS) is 9.50. The Morgan fingerprint density at radius 2 is 2.29 bits per heavy atom. The van der Waals surface area contributed by atoms with E-state index in [9.17, 15) is 9.18 Å². The van der Waals surface area contributed by atoms with Gasteiger partial charge in [-0.05, 0) is 17.7 Å². The molecule has 5 heteroatoms. The van der Waals surface area contributed by atoms with Gasteiger partial charge in [0.15, 0.2) is 0 Å². The number of hydrogen-bond acceptors (Lipinski definition) is 3. The summed E-state index contributed by atoms with van der Waals surface area (Å²) >= 11 is 3.88. The van der Waals surface area contributed by atoms with Crippen molar-refractivity contribution in [3.8, 4) is 6.07 Å². The molecule has 0 saturated carbocycles. The minimum absolute atomic E-state index is 0.156. The summed E-state index contributed by atoms with van der Waals surface area (Å²) in [5.74, 6) is -1.79. The quantitative estimate of drug-likeness (QED) is 0.730. The van der Waals surface area contributed by atoms with Crippen molar-refractivity contribution in [3.05, 3.63) is 29.1 Å². The predicted octanol–water partition coefficient (Wildman–Crippen LogP) is 1.61. The van der Waals surface area contributed by atoms with E-state index < -0.39 is 11.8 Å². The molecule has 0 aromatic heterocycles. The molecule has 3 nitrogen and oxygen atoms in total. The van der Waals surface area contributed by atoms with Crippen molar-refractivity contribution in [1.29, 1.82) is 5.26 Å². The first-order valence-electron chi connectivity index (χ1n) is 3.68. The Balaban J connectivity index is 3.15. The third kappa shape index (κ3) is 2.24. The van der Waals surface area contributed by atoms with Crippen LogP contribution in [0.5, 0.6) is 0 Å². The Morgan fingerprint density at radius 1 is 1.64 bits per heavy atom. The summed E-state index contributed by atoms with van der Waals surface area (Å²) in [6.45, 7) is 0. The molecule has 0 atom stereocenters. The smallest absolute Gasteiger partial charge is 0.307 e. The topological polar surface area (TPSA) is 61.1 Å². The van der Waals surface area contributed by atoms with Crippen LogP contribution in [-0.2, 0) is 11.2 Å². The molecule has 1 rings (SSSR count).